The van der Waals surface area contributed by atoms with Gasteiger partial charge in [0.15, 0.2) is 0 Å². The Balaban J connectivity index is 1.80. The van der Waals surface area contributed by atoms with E-state index in [1.54, 1.807) is 14.0 Å². The normalized spacial score (nSPS) is 17.8. The van der Waals surface area contributed by atoms with Crippen molar-refractivity contribution in [2.24, 2.45) is 5.16 Å². The lowest BCUT2D eigenvalue weighted by molar-refractivity contribution is -0.135. The highest BCUT2D eigenvalue weighted by molar-refractivity contribution is 6.04. The number of nitrogens with zero attached hydrogens (tertiary/aromatic N) is 1. The maximum Gasteiger partial charge on any atom is 0.264 e. The van der Waals surface area contributed by atoms with Crippen LogP contribution in [-0.2, 0) is 19.2 Å². The highest BCUT2D eigenvalue weighted by atomic mass is 16.6. The number of methoxy groups -OCH3 is 1. The maximum absolute atomic E-state index is 12.2. The second kappa shape index (κ2) is 8.28. The zero-order valence-electron chi connectivity index (χ0n) is 13.2. The molecule has 0 spiro atoms. The van der Waals surface area contributed by atoms with Gasteiger partial charge in [0.2, 0.25) is 12.0 Å². The van der Waals surface area contributed by atoms with Gasteiger partial charge in [-0.05, 0) is 12.5 Å². The van der Waals surface area contributed by atoms with Gasteiger partial charge in [0.1, 0.15) is 6.04 Å². The molecule has 0 radical (unpaired) electrons. The van der Waals surface area contributed by atoms with Gasteiger partial charge in [-0.3, -0.25) is 9.59 Å². The second-order valence-electron chi connectivity index (χ2n) is 5.22. The van der Waals surface area contributed by atoms with Gasteiger partial charge >= 0.3 is 0 Å². The van der Waals surface area contributed by atoms with Crippen LogP contribution in [0, 0.1) is 0 Å². The molecule has 2 amide bonds. The van der Waals surface area contributed by atoms with Crippen LogP contribution in [0.15, 0.2) is 35.5 Å². The summed E-state index contributed by atoms with van der Waals surface area (Å²) in [5.41, 5.74) is 1.65. The molecular formula is C16H21N3O4. The molecule has 7 nitrogen and oxygen atoms in total. The van der Waals surface area contributed by atoms with E-state index in [0.717, 1.165) is 11.3 Å². The molecule has 0 bridgehead atoms. The van der Waals surface area contributed by atoms with E-state index in [1.165, 1.54) is 0 Å². The monoisotopic (exact) mass is 319 g/mol. The maximum atomic E-state index is 12.2. The molecule has 1 aliphatic rings. The van der Waals surface area contributed by atoms with Gasteiger partial charge in [-0.2, -0.15) is 0 Å². The van der Waals surface area contributed by atoms with Crippen LogP contribution < -0.4 is 10.6 Å². The molecule has 0 fully saturated rings. The van der Waals surface area contributed by atoms with Crippen molar-refractivity contribution < 1.29 is 19.2 Å². The number of hydrogen-bond acceptors (Lipinski definition) is 5. The first-order chi connectivity index (χ1) is 11.1. The Kier molecular flexibility index (Phi) is 6.10. The molecule has 7 heteroatoms. The Morgan fingerprint density at radius 2 is 2.13 bits per heavy atom. The molecule has 2 rings (SSSR count). The number of hydrogen-bond donors (Lipinski definition) is 2. The minimum Gasteiger partial charge on any atom is -0.383 e. The lowest BCUT2D eigenvalue weighted by atomic mass is 10.0. The van der Waals surface area contributed by atoms with Crippen LogP contribution >= 0.6 is 0 Å². The van der Waals surface area contributed by atoms with E-state index in [9.17, 15) is 9.59 Å². The molecule has 2 atom stereocenters. The molecule has 23 heavy (non-hydrogen) atoms. The van der Waals surface area contributed by atoms with Gasteiger partial charge in [-0.15, -0.1) is 0 Å². The first kappa shape index (κ1) is 17.0. The van der Waals surface area contributed by atoms with Crippen molar-refractivity contribution >= 4 is 17.5 Å². The third-order valence-corrected chi connectivity index (χ3v) is 3.43. The number of carbonyl (C=O) groups is 2. The van der Waals surface area contributed by atoms with Crippen molar-refractivity contribution in [3.8, 4) is 0 Å². The zero-order valence-corrected chi connectivity index (χ0v) is 13.2. The number of oxime groups is 1. The SMILES string of the molecule is COCCNC(=O)C(C)NC(=O)C1CC(c2ccccc2)=NO1. The molecule has 0 aromatic heterocycles. The first-order valence-corrected chi connectivity index (χ1v) is 7.47. The predicted molar refractivity (Wildman–Crippen MR) is 85.0 cm³/mol. The van der Waals surface area contributed by atoms with E-state index in [4.69, 9.17) is 9.57 Å². The number of benzene rings is 1. The van der Waals surface area contributed by atoms with E-state index < -0.39 is 12.1 Å². The number of ether oxygens (including phenoxy) is 1. The van der Waals surface area contributed by atoms with Crippen LogP contribution in [-0.4, -0.2) is 49.9 Å². The molecule has 0 aliphatic carbocycles. The summed E-state index contributed by atoms with van der Waals surface area (Å²) in [7, 11) is 1.55. The Labute approximate surface area is 135 Å². The number of carbonyl (C=O) groups excluding carboxylic acids is 2. The minimum atomic E-state index is -0.709. The summed E-state index contributed by atoms with van der Waals surface area (Å²) < 4.78 is 4.85. The van der Waals surface area contributed by atoms with Crippen LogP contribution in [0.25, 0.3) is 0 Å². The Hall–Kier alpha value is -2.41. The third kappa shape index (κ3) is 4.79. The molecule has 0 saturated carbocycles. The summed E-state index contributed by atoms with van der Waals surface area (Å²) in [5.74, 6) is -0.619. The molecule has 2 N–H and O–H groups in total. The van der Waals surface area contributed by atoms with Crippen molar-refractivity contribution in [1.82, 2.24) is 10.6 Å². The van der Waals surface area contributed by atoms with Crippen molar-refractivity contribution in [3.05, 3.63) is 35.9 Å². The van der Waals surface area contributed by atoms with Gasteiger partial charge in [0, 0.05) is 20.1 Å². The summed E-state index contributed by atoms with van der Waals surface area (Å²) in [5, 5.41) is 9.26. The van der Waals surface area contributed by atoms with Crippen LogP contribution in [0.4, 0.5) is 0 Å². The highest BCUT2D eigenvalue weighted by Crippen LogP contribution is 2.16. The summed E-state index contributed by atoms with van der Waals surface area (Å²) in [6.45, 7) is 2.44. The van der Waals surface area contributed by atoms with Crippen LogP contribution in [0.1, 0.15) is 18.9 Å². The summed E-state index contributed by atoms with van der Waals surface area (Å²) >= 11 is 0. The summed E-state index contributed by atoms with van der Waals surface area (Å²) in [6, 6.07) is 8.88. The highest BCUT2D eigenvalue weighted by Gasteiger charge is 2.30. The fourth-order valence-electron chi connectivity index (χ4n) is 2.12. The topological polar surface area (TPSA) is 89.0 Å². The van der Waals surface area contributed by atoms with Crippen LogP contribution in [0.3, 0.4) is 0 Å². The van der Waals surface area contributed by atoms with E-state index >= 15 is 0 Å². The van der Waals surface area contributed by atoms with E-state index in [-0.39, 0.29) is 11.8 Å². The van der Waals surface area contributed by atoms with Crippen molar-refractivity contribution in [2.45, 2.75) is 25.5 Å². The number of nitrogens with one attached hydrogen (secondary N) is 2. The second-order valence-corrected chi connectivity index (χ2v) is 5.22. The lowest BCUT2D eigenvalue weighted by Gasteiger charge is -2.16. The Morgan fingerprint density at radius 1 is 1.39 bits per heavy atom. The molecular weight excluding hydrogens is 298 g/mol. The molecule has 1 heterocycles. The number of amides is 2. The molecule has 2 unspecified atom stereocenters. The van der Waals surface area contributed by atoms with Gasteiger partial charge < -0.3 is 20.2 Å². The van der Waals surface area contributed by atoms with Gasteiger partial charge in [0.25, 0.3) is 5.91 Å². The van der Waals surface area contributed by atoms with Crippen molar-refractivity contribution in [1.29, 1.82) is 0 Å². The van der Waals surface area contributed by atoms with Gasteiger partial charge in [0.05, 0.1) is 12.3 Å². The fraction of sp³-hybridized carbons (Fsp3) is 0.438. The Morgan fingerprint density at radius 3 is 2.83 bits per heavy atom. The van der Waals surface area contributed by atoms with Gasteiger partial charge in [-0.1, -0.05) is 35.5 Å². The molecule has 124 valence electrons. The number of rotatable bonds is 7. The summed E-state index contributed by atoms with van der Waals surface area (Å²) in [6.07, 6.45) is -0.326. The average molecular weight is 319 g/mol. The first-order valence-electron chi connectivity index (χ1n) is 7.47. The smallest absolute Gasteiger partial charge is 0.264 e. The van der Waals surface area contributed by atoms with Gasteiger partial charge in [-0.25, -0.2) is 0 Å². The van der Waals surface area contributed by atoms with Crippen molar-refractivity contribution in [3.63, 3.8) is 0 Å². The van der Waals surface area contributed by atoms with Crippen molar-refractivity contribution in [2.75, 3.05) is 20.3 Å². The molecule has 1 aromatic carbocycles. The van der Waals surface area contributed by atoms with E-state index in [1.807, 2.05) is 30.3 Å². The predicted octanol–water partition coefficient (Wildman–Crippen LogP) is 0.447. The average Bonchev–Trinajstić information content (AvgIpc) is 3.06. The summed E-state index contributed by atoms with van der Waals surface area (Å²) in [4.78, 5) is 29.1. The quantitative estimate of drug-likeness (QED) is 0.714. The fourth-order valence-corrected chi connectivity index (χ4v) is 2.12. The van der Waals surface area contributed by atoms with Crippen LogP contribution in [0.2, 0.25) is 0 Å². The standard InChI is InChI=1S/C16H21N3O4/c1-11(15(20)17-8-9-22-2)18-16(21)14-10-13(19-23-14)12-6-4-3-5-7-12/h3-7,11,14H,8-10H2,1-2H3,(H,17,20)(H,18,21). The van der Waals surface area contributed by atoms with E-state index in [0.29, 0.717) is 19.6 Å². The van der Waals surface area contributed by atoms with Crippen LogP contribution in [0.5, 0.6) is 0 Å². The Bertz CT molecular complexity index is 574. The third-order valence-electron chi connectivity index (χ3n) is 3.43. The lowest BCUT2D eigenvalue weighted by Crippen LogP contribution is -2.48. The molecule has 0 saturated heterocycles. The largest absolute Gasteiger partial charge is 0.383 e. The zero-order chi connectivity index (χ0) is 16.7. The minimum absolute atomic E-state index is 0.266. The molecule has 1 aromatic rings. The van der Waals surface area contributed by atoms with E-state index in [2.05, 4.69) is 15.8 Å². The molecule has 1 aliphatic heterocycles.